The predicted molar refractivity (Wildman–Crippen MR) is 108 cm³/mol. The van der Waals surface area contributed by atoms with E-state index >= 15 is 0 Å². The summed E-state index contributed by atoms with van der Waals surface area (Å²) in [7, 11) is 0. The summed E-state index contributed by atoms with van der Waals surface area (Å²) >= 11 is 0. The van der Waals surface area contributed by atoms with Crippen molar-refractivity contribution in [2.45, 2.75) is 40.2 Å². The van der Waals surface area contributed by atoms with Gasteiger partial charge in [0, 0.05) is 18.7 Å². The molecule has 0 spiro atoms. The number of hydrogen-bond acceptors (Lipinski definition) is 3. The third-order valence-corrected chi connectivity index (χ3v) is 4.39. The van der Waals surface area contributed by atoms with E-state index in [1.54, 1.807) is 0 Å². The lowest BCUT2D eigenvalue weighted by Crippen LogP contribution is -2.22. The molecule has 1 N–H and O–H groups in total. The van der Waals surface area contributed by atoms with Crippen molar-refractivity contribution < 1.29 is 9.53 Å². The number of ether oxygens (including phenoxy) is 1. The van der Waals surface area contributed by atoms with Gasteiger partial charge in [0.1, 0.15) is 5.75 Å². The molecular weight excluding hydrogens is 324 g/mol. The highest BCUT2D eigenvalue weighted by Crippen LogP contribution is 2.15. The Morgan fingerprint density at radius 2 is 1.73 bits per heavy atom. The average Bonchev–Trinajstić information content (AvgIpc) is 2.66. The number of anilines is 1. The predicted octanol–water partition coefficient (Wildman–Crippen LogP) is 4.50. The van der Waals surface area contributed by atoms with Gasteiger partial charge in [-0.15, -0.1) is 0 Å². The number of nitrogens with one attached hydrogen (secondary N) is 1. The van der Waals surface area contributed by atoms with Crippen LogP contribution in [0.25, 0.3) is 0 Å². The van der Waals surface area contributed by atoms with Gasteiger partial charge in [0.25, 0.3) is 0 Å². The van der Waals surface area contributed by atoms with Crippen LogP contribution in [-0.2, 0) is 17.8 Å². The molecule has 0 aliphatic carbocycles. The van der Waals surface area contributed by atoms with Crippen molar-refractivity contribution in [1.82, 2.24) is 4.90 Å². The molecule has 140 valence electrons. The summed E-state index contributed by atoms with van der Waals surface area (Å²) in [5, 5.41) is 3.01. The van der Waals surface area contributed by atoms with E-state index in [2.05, 4.69) is 36.2 Å². The Hall–Kier alpha value is -2.33. The zero-order chi connectivity index (χ0) is 18.8. The number of carbonyl (C=O) groups is 1. The van der Waals surface area contributed by atoms with Crippen LogP contribution in [-0.4, -0.2) is 30.5 Å². The topological polar surface area (TPSA) is 41.6 Å². The lowest BCUT2D eigenvalue weighted by Gasteiger charge is -2.18. The summed E-state index contributed by atoms with van der Waals surface area (Å²) in [5.41, 5.74) is 3.23. The first-order valence-electron chi connectivity index (χ1n) is 9.47. The molecule has 0 unspecified atom stereocenters. The van der Waals surface area contributed by atoms with Crippen LogP contribution in [0.4, 0.5) is 5.69 Å². The van der Waals surface area contributed by atoms with Crippen molar-refractivity contribution in [3.8, 4) is 5.75 Å². The third kappa shape index (κ3) is 6.52. The molecule has 0 aromatic heterocycles. The van der Waals surface area contributed by atoms with Gasteiger partial charge in [0.2, 0.25) is 5.91 Å². The standard InChI is InChI=1S/C22H30N2O2/c1-4-24(5-2)17-19-8-7-9-20(16-19)23-22(25)15-12-18-10-13-21(14-11-18)26-6-3/h7-11,13-14,16H,4-6,12,15,17H2,1-3H3,(H,23,25). The molecule has 0 saturated carbocycles. The van der Waals surface area contributed by atoms with Crippen molar-refractivity contribution in [2.24, 2.45) is 0 Å². The summed E-state index contributed by atoms with van der Waals surface area (Å²) in [4.78, 5) is 14.6. The summed E-state index contributed by atoms with van der Waals surface area (Å²) in [6.45, 7) is 9.91. The molecule has 0 aliphatic heterocycles. The van der Waals surface area contributed by atoms with E-state index in [9.17, 15) is 4.79 Å². The van der Waals surface area contributed by atoms with E-state index in [1.807, 2.05) is 43.3 Å². The third-order valence-electron chi connectivity index (χ3n) is 4.39. The van der Waals surface area contributed by atoms with Gasteiger partial charge in [-0.2, -0.15) is 0 Å². The van der Waals surface area contributed by atoms with Crippen molar-refractivity contribution in [2.75, 3.05) is 25.0 Å². The average molecular weight is 354 g/mol. The van der Waals surface area contributed by atoms with E-state index in [4.69, 9.17) is 4.74 Å². The highest BCUT2D eigenvalue weighted by molar-refractivity contribution is 5.90. The molecule has 0 radical (unpaired) electrons. The molecule has 0 bridgehead atoms. The lowest BCUT2D eigenvalue weighted by molar-refractivity contribution is -0.116. The van der Waals surface area contributed by atoms with Gasteiger partial charge in [-0.25, -0.2) is 0 Å². The fourth-order valence-electron chi connectivity index (χ4n) is 2.85. The van der Waals surface area contributed by atoms with Crippen LogP contribution in [0.15, 0.2) is 48.5 Å². The number of hydrogen-bond donors (Lipinski definition) is 1. The van der Waals surface area contributed by atoms with Gasteiger partial charge in [-0.1, -0.05) is 38.1 Å². The van der Waals surface area contributed by atoms with E-state index in [0.29, 0.717) is 13.0 Å². The molecule has 0 aliphatic rings. The van der Waals surface area contributed by atoms with E-state index < -0.39 is 0 Å². The molecule has 2 aromatic carbocycles. The summed E-state index contributed by atoms with van der Waals surface area (Å²) in [5.74, 6) is 0.907. The molecule has 4 nitrogen and oxygen atoms in total. The molecule has 2 aromatic rings. The lowest BCUT2D eigenvalue weighted by atomic mass is 10.1. The maximum atomic E-state index is 12.3. The first kappa shape index (κ1) is 20.0. The number of carbonyl (C=O) groups excluding carboxylic acids is 1. The van der Waals surface area contributed by atoms with Crippen LogP contribution < -0.4 is 10.1 Å². The van der Waals surface area contributed by atoms with E-state index in [-0.39, 0.29) is 5.91 Å². The Balaban J connectivity index is 1.85. The number of amides is 1. The SMILES string of the molecule is CCOc1ccc(CCC(=O)Nc2cccc(CN(CC)CC)c2)cc1. The zero-order valence-electron chi connectivity index (χ0n) is 16.1. The van der Waals surface area contributed by atoms with Crippen LogP contribution >= 0.6 is 0 Å². The molecule has 4 heteroatoms. The molecule has 0 fully saturated rings. The van der Waals surface area contributed by atoms with Crippen LogP contribution in [0.3, 0.4) is 0 Å². The zero-order valence-corrected chi connectivity index (χ0v) is 16.1. The van der Waals surface area contributed by atoms with Crippen LogP contribution in [0, 0.1) is 0 Å². The maximum absolute atomic E-state index is 12.3. The fourth-order valence-corrected chi connectivity index (χ4v) is 2.85. The van der Waals surface area contributed by atoms with Crippen molar-refractivity contribution >= 4 is 11.6 Å². The quantitative estimate of drug-likeness (QED) is 0.683. The van der Waals surface area contributed by atoms with E-state index in [0.717, 1.165) is 43.1 Å². The molecule has 2 rings (SSSR count). The first-order valence-corrected chi connectivity index (χ1v) is 9.47. The molecule has 0 saturated heterocycles. The molecule has 1 amide bonds. The van der Waals surface area contributed by atoms with Crippen LogP contribution in [0.5, 0.6) is 5.75 Å². The Bertz CT molecular complexity index is 679. The van der Waals surface area contributed by atoms with Crippen LogP contribution in [0.2, 0.25) is 0 Å². The molecule has 26 heavy (non-hydrogen) atoms. The second-order valence-electron chi connectivity index (χ2n) is 6.29. The highest BCUT2D eigenvalue weighted by atomic mass is 16.5. The highest BCUT2D eigenvalue weighted by Gasteiger charge is 2.06. The van der Waals surface area contributed by atoms with Gasteiger partial charge >= 0.3 is 0 Å². The van der Waals surface area contributed by atoms with Gasteiger partial charge in [0.05, 0.1) is 6.61 Å². The van der Waals surface area contributed by atoms with Crippen molar-refractivity contribution in [1.29, 1.82) is 0 Å². The van der Waals surface area contributed by atoms with Crippen molar-refractivity contribution in [3.05, 3.63) is 59.7 Å². The minimum absolute atomic E-state index is 0.0406. The number of nitrogens with zero attached hydrogens (tertiary/aromatic N) is 1. The number of benzene rings is 2. The van der Waals surface area contributed by atoms with Gasteiger partial charge in [0.15, 0.2) is 0 Å². The molecular formula is C22H30N2O2. The summed E-state index contributed by atoms with van der Waals surface area (Å²) in [6, 6.07) is 16.1. The first-order chi connectivity index (χ1) is 12.6. The second kappa shape index (κ2) is 10.6. The largest absolute Gasteiger partial charge is 0.494 e. The minimum atomic E-state index is 0.0406. The monoisotopic (exact) mass is 354 g/mol. The van der Waals surface area contributed by atoms with E-state index in [1.165, 1.54) is 5.56 Å². The normalized spacial score (nSPS) is 10.8. The van der Waals surface area contributed by atoms with Gasteiger partial charge < -0.3 is 10.1 Å². The molecule has 0 heterocycles. The van der Waals surface area contributed by atoms with Crippen LogP contribution in [0.1, 0.15) is 38.3 Å². The summed E-state index contributed by atoms with van der Waals surface area (Å²) < 4.78 is 5.44. The smallest absolute Gasteiger partial charge is 0.224 e. The Labute approximate surface area is 157 Å². The second-order valence-corrected chi connectivity index (χ2v) is 6.29. The Morgan fingerprint density at radius 1 is 1.00 bits per heavy atom. The number of rotatable bonds is 10. The summed E-state index contributed by atoms with van der Waals surface area (Å²) in [6.07, 6.45) is 1.19. The Morgan fingerprint density at radius 3 is 2.38 bits per heavy atom. The molecule has 0 atom stereocenters. The minimum Gasteiger partial charge on any atom is -0.494 e. The van der Waals surface area contributed by atoms with Gasteiger partial charge in [-0.05, 0) is 61.8 Å². The van der Waals surface area contributed by atoms with Gasteiger partial charge in [-0.3, -0.25) is 9.69 Å². The Kier molecular flexibility index (Phi) is 8.16. The van der Waals surface area contributed by atoms with Crippen molar-refractivity contribution in [3.63, 3.8) is 0 Å². The number of aryl methyl sites for hydroxylation is 1. The fraction of sp³-hybridized carbons (Fsp3) is 0.409. The maximum Gasteiger partial charge on any atom is 0.224 e.